The van der Waals surface area contributed by atoms with E-state index in [9.17, 15) is 4.79 Å². The predicted molar refractivity (Wildman–Crippen MR) is 55.0 cm³/mol. The second-order valence-electron chi connectivity index (χ2n) is 2.93. The zero-order valence-electron chi connectivity index (χ0n) is 6.49. The first-order valence-electron chi connectivity index (χ1n) is 3.49. The zero-order valence-corrected chi connectivity index (χ0v) is 10.2. The van der Waals surface area contributed by atoms with Crippen molar-refractivity contribution in [1.82, 2.24) is 0 Å². The van der Waals surface area contributed by atoms with E-state index in [0.717, 1.165) is 6.42 Å². The molecule has 2 atom stereocenters. The Bertz CT molecular complexity index is 193. The highest BCUT2D eigenvalue weighted by Gasteiger charge is 2.67. The molecule has 1 saturated carbocycles. The van der Waals surface area contributed by atoms with Crippen LogP contribution in [0, 0.1) is 5.41 Å². The number of esters is 1. The highest BCUT2D eigenvalue weighted by Crippen LogP contribution is 2.67. The molecular weight excluding hydrogens is 323 g/mol. The van der Waals surface area contributed by atoms with Crippen LogP contribution in [0.2, 0.25) is 0 Å². The number of halogens is 2. The van der Waals surface area contributed by atoms with E-state index < -0.39 is 0 Å². The zero-order chi connectivity index (χ0) is 8.70. The number of carbonyl (C=O) groups excluding carboxylic acids is 1. The summed E-state index contributed by atoms with van der Waals surface area (Å²) < 4.78 is 4.87. The first-order valence-corrected chi connectivity index (χ1v) is 5.36. The van der Waals surface area contributed by atoms with Crippen molar-refractivity contribution >= 4 is 44.5 Å². The molecule has 0 amide bonds. The Morgan fingerprint density at radius 3 is 2.55 bits per heavy atom. The average molecular weight is 333 g/mol. The van der Waals surface area contributed by atoms with Crippen molar-refractivity contribution in [3.05, 3.63) is 0 Å². The number of ether oxygens (including phenoxy) is 1. The summed E-state index contributed by atoms with van der Waals surface area (Å²) in [6.45, 7) is 4.22. The molecule has 0 unspecified atom stereocenters. The largest absolute Gasteiger partial charge is 0.466 e. The summed E-state index contributed by atoms with van der Waals surface area (Å²) >= 11 is 5.70. The third-order valence-electron chi connectivity index (χ3n) is 1.98. The molecule has 1 aliphatic carbocycles. The Morgan fingerprint density at radius 2 is 2.27 bits per heavy atom. The van der Waals surface area contributed by atoms with Gasteiger partial charge in [0.1, 0.15) is 0 Å². The Balaban J connectivity index is 2.57. The first-order chi connectivity index (χ1) is 4.94. The molecule has 4 heteroatoms. The number of alkyl halides is 2. The number of hydrogen-bond donors (Lipinski definition) is 0. The van der Waals surface area contributed by atoms with E-state index in [1.54, 1.807) is 0 Å². The molecule has 11 heavy (non-hydrogen) atoms. The molecule has 0 bridgehead atoms. The molecular formula is C7H10BrIO2. The Hall–Kier alpha value is 0.680. The van der Waals surface area contributed by atoms with Crippen molar-refractivity contribution in [3.63, 3.8) is 0 Å². The van der Waals surface area contributed by atoms with Gasteiger partial charge in [-0.3, -0.25) is 4.79 Å². The molecule has 1 fully saturated rings. The minimum Gasteiger partial charge on any atom is -0.466 e. The fourth-order valence-corrected chi connectivity index (χ4v) is 2.62. The fraction of sp³-hybridized carbons (Fsp3) is 0.857. The topological polar surface area (TPSA) is 26.3 Å². The first kappa shape index (κ1) is 9.77. The summed E-state index contributed by atoms with van der Waals surface area (Å²) in [6.07, 6.45) is 0.861. The molecule has 0 aromatic carbocycles. The maximum absolute atomic E-state index is 11.3. The summed E-state index contributed by atoms with van der Waals surface area (Å²) in [4.78, 5) is 11.3. The SMILES string of the molecule is CCOC(=O)[C@@]1(C)C[C@]1(Br)I. The average Bonchev–Trinajstić information content (AvgIpc) is 2.35. The van der Waals surface area contributed by atoms with Crippen LogP contribution in [0.1, 0.15) is 20.3 Å². The molecule has 0 heterocycles. The molecule has 0 saturated heterocycles. The quantitative estimate of drug-likeness (QED) is 0.441. The van der Waals surface area contributed by atoms with Gasteiger partial charge >= 0.3 is 5.97 Å². The van der Waals surface area contributed by atoms with Crippen molar-refractivity contribution in [2.45, 2.75) is 22.6 Å². The monoisotopic (exact) mass is 332 g/mol. The van der Waals surface area contributed by atoms with Gasteiger partial charge in [0.15, 0.2) is 0 Å². The van der Waals surface area contributed by atoms with Crippen LogP contribution in [-0.4, -0.2) is 14.9 Å². The highest BCUT2D eigenvalue weighted by atomic mass is 127. The van der Waals surface area contributed by atoms with Gasteiger partial charge in [0, 0.05) is 0 Å². The van der Waals surface area contributed by atoms with Crippen LogP contribution in [0.15, 0.2) is 0 Å². The van der Waals surface area contributed by atoms with Gasteiger partial charge in [0.2, 0.25) is 0 Å². The lowest BCUT2D eigenvalue weighted by atomic mass is 10.1. The van der Waals surface area contributed by atoms with Gasteiger partial charge < -0.3 is 4.74 Å². The standard InChI is InChI=1S/C7H10BrIO2/c1-3-11-5(10)6(2)4-7(6,8)9/h3-4H2,1-2H3/t6-,7+/m1/s1. The summed E-state index contributed by atoms with van der Waals surface area (Å²) in [5, 5.41) is 0. The van der Waals surface area contributed by atoms with Crippen molar-refractivity contribution in [2.24, 2.45) is 5.41 Å². The maximum atomic E-state index is 11.3. The molecule has 0 radical (unpaired) electrons. The van der Waals surface area contributed by atoms with Crippen LogP contribution < -0.4 is 0 Å². The number of hydrogen-bond acceptors (Lipinski definition) is 2. The third kappa shape index (κ3) is 1.56. The summed E-state index contributed by atoms with van der Waals surface area (Å²) in [5.74, 6) is -0.0914. The van der Waals surface area contributed by atoms with Crippen molar-refractivity contribution in [3.8, 4) is 0 Å². The van der Waals surface area contributed by atoms with Gasteiger partial charge in [-0.1, -0.05) is 38.5 Å². The highest BCUT2D eigenvalue weighted by molar-refractivity contribution is 14.1. The van der Waals surface area contributed by atoms with Crippen LogP contribution in [0.3, 0.4) is 0 Å². The molecule has 0 spiro atoms. The molecule has 0 N–H and O–H groups in total. The van der Waals surface area contributed by atoms with Crippen LogP contribution in [0.4, 0.5) is 0 Å². The van der Waals surface area contributed by atoms with E-state index in [4.69, 9.17) is 4.74 Å². The van der Waals surface area contributed by atoms with Crippen molar-refractivity contribution in [1.29, 1.82) is 0 Å². The Kier molecular flexibility index (Phi) is 2.55. The fourth-order valence-electron chi connectivity index (χ4n) is 0.912. The second-order valence-corrected chi connectivity index (χ2v) is 7.61. The molecule has 64 valence electrons. The van der Waals surface area contributed by atoms with Crippen molar-refractivity contribution < 1.29 is 9.53 Å². The van der Waals surface area contributed by atoms with E-state index in [1.165, 1.54) is 0 Å². The van der Waals surface area contributed by atoms with Crippen LogP contribution >= 0.6 is 38.5 Å². The van der Waals surface area contributed by atoms with Crippen LogP contribution in [-0.2, 0) is 9.53 Å². The van der Waals surface area contributed by atoms with Gasteiger partial charge in [-0.25, -0.2) is 0 Å². The van der Waals surface area contributed by atoms with E-state index in [2.05, 4.69) is 38.5 Å². The van der Waals surface area contributed by atoms with E-state index in [0.29, 0.717) is 6.61 Å². The lowest BCUT2D eigenvalue weighted by Crippen LogP contribution is -2.20. The lowest BCUT2D eigenvalue weighted by Gasteiger charge is -2.10. The molecule has 2 nitrogen and oxygen atoms in total. The molecule has 1 rings (SSSR count). The summed E-state index contributed by atoms with van der Waals surface area (Å²) in [5.41, 5.74) is -0.302. The lowest BCUT2D eigenvalue weighted by molar-refractivity contribution is -0.148. The molecule has 0 aromatic rings. The van der Waals surface area contributed by atoms with E-state index in [1.807, 2.05) is 13.8 Å². The summed E-state index contributed by atoms with van der Waals surface area (Å²) in [6, 6.07) is 0. The van der Waals surface area contributed by atoms with Gasteiger partial charge in [-0.15, -0.1) is 0 Å². The minimum atomic E-state index is -0.302. The second kappa shape index (κ2) is 2.87. The number of carbonyl (C=O) groups is 1. The third-order valence-corrected chi connectivity index (χ3v) is 4.71. The normalized spacial score (nSPS) is 41.8. The molecule has 0 aliphatic heterocycles. The van der Waals surface area contributed by atoms with Crippen molar-refractivity contribution in [2.75, 3.05) is 6.61 Å². The van der Waals surface area contributed by atoms with E-state index >= 15 is 0 Å². The van der Waals surface area contributed by atoms with Gasteiger partial charge in [-0.2, -0.15) is 0 Å². The smallest absolute Gasteiger partial charge is 0.314 e. The van der Waals surface area contributed by atoms with Gasteiger partial charge in [0.05, 0.1) is 14.4 Å². The minimum absolute atomic E-state index is 0.0655. The maximum Gasteiger partial charge on any atom is 0.314 e. The molecule has 1 aliphatic rings. The van der Waals surface area contributed by atoms with Gasteiger partial charge in [-0.05, 0) is 20.3 Å². The van der Waals surface area contributed by atoms with Crippen LogP contribution in [0.25, 0.3) is 0 Å². The van der Waals surface area contributed by atoms with E-state index in [-0.39, 0.29) is 13.7 Å². The predicted octanol–water partition coefficient (Wildman–Crippen LogP) is 2.49. The Labute approximate surface area is 88.3 Å². The number of rotatable bonds is 2. The van der Waals surface area contributed by atoms with Crippen LogP contribution in [0.5, 0.6) is 0 Å². The van der Waals surface area contributed by atoms with Gasteiger partial charge in [0.25, 0.3) is 0 Å². The molecule has 0 aromatic heterocycles. The Morgan fingerprint density at radius 1 is 1.82 bits per heavy atom. The summed E-state index contributed by atoms with van der Waals surface area (Å²) in [7, 11) is 0.